The molecule has 3 rings (SSSR count). The smallest absolute Gasteiger partial charge is 0.140 e. The number of halogens is 1. The number of benzene rings is 2. The van der Waals surface area contributed by atoms with E-state index in [1.54, 1.807) is 12.1 Å². The maximum Gasteiger partial charge on any atom is 0.140 e. The molecule has 0 fully saturated rings. The Hall–Kier alpha value is -2.38. The third kappa shape index (κ3) is 3.04. The van der Waals surface area contributed by atoms with Crippen LogP contribution in [0.3, 0.4) is 0 Å². The Morgan fingerprint density at radius 1 is 1.24 bits per heavy atom. The SMILES string of the molecule is N#Cc1cc(CN2CCOc3ccccc3C2)ccc1F. The summed E-state index contributed by atoms with van der Waals surface area (Å²) in [6.07, 6.45) is 0. The van der Waals surface area contributed by atoms with Crippen LogP contribution in [0, 0.1) is 17.1 Å². The lowest BCUT2D eigenvalue weighted by atomic mass is 10.1. The summed E-state index contributed by atoms with van der Waals surface area (Å²) in [6.45, 7) is 2.89. The molecule has 1 heterocycles. The van der Waals surface area contributed by atoms with Gasteiger partial charge in [0.2, 0.25) is 0 Å². The molecule has 0 amide bonds. The Bertz CT molecular complexity index is 693. The van der Waals surface area contributed by atoms with Crippen LogP contribution in [0.15, 0.2) is 42.5 Å². The molecule has 2 aromatic carbocycles. The van der Waals surface area contributed by atoms with E-state index in [9.17, 15) is 4.39 Å². The van der Waals surface area contributed by atoms with Crippen LogP contribution in [0.2, 0.25) is 0 Å². The predicted octanol–water partition coefficient (Wildman–Crippen LogP) is 3.09. The van der Waals surface area contributed by atoms with E-state index in [-0.39, 0.29) is 5.56 Å². The van der Waals surface area contributed by atoms with E-state index in [1.807, 2.05) is 24.3 Å². The summed E-state index contributed by atoms with van der Waals surface area (Å²) in [5.74, 6) is 0.461. The fraction of sp³-hybridized carbons (Fsp3) is 0.235. The van der Waals surface area contributed by atoms with Gasteiger partial charge in [-0.1, -0.05) is 24.3 Å². The van der Waals surface area contributed by atoms with E-state index in [4.69, 9.17) is 10.00 Å². The zero-order chi connectivity index (χ0) is 14.7. The highest BCUT2D eigenvalue weighted by Gasteiger charge is 2.15. The van der Waals surface area contributed by atoms with Crippen molar-refractivity contribution in [1.29, 1.82) is 5.26 Å². The van der Waals surface area contributed by atoms with Gasteiger partial charge in [0.15, 0.2) is 0 Å². The first kappa shape index (κ1) is 13.6. The fourth-order valence-electron chi connectivity index (χ4n) is 2.53. The van der Waals surface area contributed by atoms with Gasteiger partial charge in [-0.2, -0.15) is 5.26 Å². The van der Waals surface area contributed by atoms with Gasteiger partial charge in [0.1, 0.15) is 24.2 Å². The Morgan fingerprint density at radius 2 is 2.10 bits per heavy atom. The minimum absolute atomic E-state index is 0.0963. The van der Waals surface area contributed by atoms with Crippen molar-refractivity contribution in [2.24, 2.45) is 0 Å². The molecule has 3 nitrogen and oxygen atoms in total. The number of hydrogen-bond donors (Lipinski definition) is 0. The summed E-state index contributed by atoms with van der Waals surface area (Å²) in [5.41, 5.74) is 2.18. The van der Waals surface area contributed by atoms with E-state index >= 15 is 0 Å². The quantitative estimate of drug-likeness (QED) is 0.849. The van der Waals surface area contributed by atoms with Crippen LogP contribution in [0.25, 0.3) is 0 Å². The maximum atomic E-state index is 13.4. The average Bonchev–Trinajstić information content (AvgIpc) is 2.70. The lowest BCUT2D eigenvalue weighted by molar-refractivity contribution is 0.219. The predicted molar refractivity (Wildman–Crippen MR) is 77.2 cm³/mol. The van der Waals surface area contributed by atoms with Crippen molar-refractivity contribution in [3.05, 3.63) is 65.0 Å². The van der Waals surface area contributed by atoms with Crippen molar-refractivity contribution >= 4 is 0 Å². The van der Waals surface area contributed by atoms with Crippen LogP contribution < -0.4 is 4.74 Å². The Labute approximate surface area is 123 Å². The van der Waals surface area contributed by atoms with Crippen LogP contribution in [0.5, 0.6) is 5.75 Å². The molecule has 0 spiro atoms. The molecule has 1 aliphatic rings. The number of hydrogen-bond acceptors (Lipinski definition) is 3. The fourth-order valence-corrected chi connectivity index (χ4v) is 2.53. The molecule has 0 N–H and O–H groups in total. The largest absolute Gasteiger partial charge is 0.492 e. The molecule has 0 unspecified atom stereocenters. The van der Waals surface area contributed by atoms with Crippen molar-refractivity contribution in [3.8, 4) is 11.8 Å². The minimum atomic E-state index is -0.467. The highest BCUT2D eigenvalue weighted by atomic mass is 19.1. The second kappa shape index (κ2) is 5.94. The normalized spacial score (nSPS) is 14.7. The second-order valence-corrected chi connectivity index (χ2v) is 5.09. The van der Waals surface area contributed by atoms with Gasteiger partial charge in [0.25, 0.3) is 0 Å². The van der Waals surface area contributed by atoms with Gasteiger partial charge >= 0.3 is 0 Å². The number of ether oxygens (including phenoxy) is 1. The third-order valence-corrected chi connectivity index (χ3v) is 3.59. The molecule has 4 heteroatoms. The summed E-state index contributed by atoms with van der Waals surface area (Å²) in [5, 5.41) is 8.90. The van der Waals surface area contributed by atoms with E-state index in [1.165, 1.54) is 6.07 Å². The maximum absolute atomic E-state index is 13.4. The molecular formula is C17H15FN2O. The van der Waals surface area contributed by atoms with Crippen LogP contribution in [0.1, 0.15) is 16.7 Å². The van der Waals surface area contributed by atoms with Gasteiger partial charge in [0, 0.05) is 25.2 Å². The van der Waals surface area contributed by atoms with Crippen LogP contribution in [0.4, 0.5) is 4.39 Å². The van der Waals surface area contributed by atoms with E-state index in [0.29, 0.717) is 13.2 Å². The first-order valence-electron chi connectivity index (χ1n) is 6.88. The van der Waals surface area contributed by atoms with E-state index in [0.717, 1.165) is 30.0 Å². The summed E-state index contributed by atoms with van der Waals surface area (Å²) in [6, 6.07) is 14.6. The summed E-state index contributed by atoms with van der Waals surface area (Å²) < 4.78 is 19.1. The number of para-hydroxylation sites is 1. The standard InChI is InChI=1S/C17H15FN2O/c18-16-6-5-13(9-15(16)10-19)11-20-7-8-21-17-4-2-1-3-14(17)12-20/h1-6,9H,7-8,11-12H2. The molecular weight excluding hydrogens is 267 g/mol. The number of nitrogens with zero attached hydrogens (tertiary/aromatic N) is 2. The molecule has 1 aliphatic heterocycles. The summed E-state index contributed by atoms with van der Waals surface area (Å²) in [7, 11) is 0. The molecule has 0 aliphatic carbocycles. The Kier molecular flexibility index (Phi) is 3.85. The van der Waals surface area contributed by atoms with Gasteiger partial charge in [-0.25, -0.2) is 4.39 Å². The first-order chi connectivity index (χ1) is 10.3. The van der Waals surface area contributed by atoms with Crippen LogP contribution in [-0.2, 0) is 13.1 Å². The molecule has 0 bridgehead atoms. The highest BCUT2D eigenvalue weighted by molar-refractivity contribution is 5.35. The number of nitriles is 1. The summed E-state index contributed by atoms with van der Waals surface area (Å²) >= 11 is 0. The molecule has 21 heavy (non-hydrogen) atoms. The Morgan fingerprint density at radius 3 is 2.95 bits per heavy atom. The van der Waals surface area contributed by atoms with Crippen molar-refractivity contribution in [2.75, 3.05) is 13.2 Å². The molecule has 2 aromatic rings. The van der Waals surface area contributed by atoms with Crippen LogP contribution >= 0.6 is 0 Å². The van der Waals surface area contributed by atoms with Crippen LogP contribution in [-0.4, -0.2) is 18.1 Å². The lowest BCUT2D eigenvalue weighted by Crippen LogP contribution is -2.25. The number of fused-ring (bicyclic) bond motifs is 1. The molecule has 106 valence electrons. The number of rotatable bonds is 2. The molecule has 0 saturated carbocycles. The zero-order valence-electron chi connectivity index (χ0n) is 11.6. The zero-order valence-corrected chi connectivity index (χ0v) is 11.6. The van der Waals surface area contributed by atoms with Crippen molar-refractivity contribution in [2.45, 2.75) is 13.1 Å². The Balaban J connectivity index is 1.78. The molecule has 0 saturated heterocycles. The second-order valence-electron chi connectivity index (χ2n) is 5.09. The third-order valence-electron chi connectivity index (χ3n) is 3.59. The van der Waals surface area contributed by atoms with Gasteiger partial charge < -0.3 is 4.74 Å². The van der Waals surface area contributed by atoms with E-state index < -0.39 is 5.82 Å². The minimum Gasteiger partial charge on any atom is -0.492 e. The molecule has 0 atom stereocenters. The monoisotopic (exact) mass is 282 g/mol. The van der Waals surface area contributed by atoms with Gasteiger partial charge in [-0.05, 0) is 23.8 Å². The molecule has 0 radical (unpaired) electrons. The lowest BCUT2D eigenvalue weighted by Gasteiger charge is -2.19. The van der Waals surface area contributed by atoms with Gasteiger partial charge in [-0.15, -0.1) is 0 Å². The first-order valence-corrected chi connectivity index (χ1v) is 6.88. The van der Waals surface area contributed by atoms with Crippen molar-refractivity contribution in [1.82, 2.24) is 4.90 Å². The molecule has 0 aromatic heterocycles. The van der Waals surface area contributed by atoms with Crippen molar-refractivity contribution in [3.63, 3.8) is 0 Å². The highest BCUT2D eigenvalue weighted by Crippen LogP contribution is 2.23. The average molecular weight is 282 g/mol. The van der Waals surface area contributed by atoms with Gasteiger partial charge in [-0.3, -0.25) is 4.90 Å². The van der Waals surface area contributed by atoms with Gasteiger partial charge in [0.05, 0.1) is 5.56 Å². The summed E-state index contributed by atoms with van der Waals surface area (Å²) in [4.78, 5) is 2.24. The van der Waals surface area contributed by atoms with E-state index in [2.05, 4.69) is 11.0 Å². The van der Waals surface area contributed by atoms with Crippen molar-refractivity contribution < 1.29 is 9.13 Å². The topological polar surface area (TPSA) is 36.3 Å².